The summed E-state index contributed by atoms with van der Waals surface area (Å²) in [4.78, 5) is 20.5. The molecule has 0 bridgehead atoms. The molecule has 2 saturated heterocycles. The summed E-state index contributed by atoms with van der Waals surface area (Å²) in [5, 5.41) is 10.2. The van der Waals surface area contributed by atoms with E-state index >= 15 is 0 Å². The number of sulfonamides is 1. The molecule has 3 aliphatic rings. The van der Waals surface area contributed by atoms with E-state index in [4.69, 9.17) is 0 Å². The van der Waals surface area contributed by atoms with E-state index in [9.17, 15) is 22.0 Å². The molecule has 0 aliphatic carbocycles. The molecule has 0 saturated carbocycles. The maximum atomic E-state index is 13.9. The fourth-order valence-corrected chi connectivity index (χ4v) is 8.55. The number of hydrogen-bond acceptors (Lipinski definition) is 7. The summed E-state index contributed by atoms with van der Waals surface area (Å²) in [6.07, 6.45) is 4.95. The summed E-state index contributed by atoms with van der Waals surface area (Å²) in [5.41, 5.74) is 2.13. The summed E-state index contributed by atoms with van der Waals surface area (Å²) in [5.74, 6) is -2.08. The van der Waals surface area contributed by atoms with E-state index in [-0.39, 0.29) is 24.8 Å². The van der Waals surface area contributed by atoms with Crippen molar-refractivity contribution in [3.8, 4) is 0 Å². The molecule has 0 spiro atoms. The number of nitrogens with zero attached hydrogens (tertiary/aromatic N) is 5. The zero-order valence-electron chi connectivity index (χ0n) is 26.7. The first-order chi connectivity index (χ1) is 21.9. The van der Waals surface area contributed by atoms with Crippen LogP contribution in [0, 0.1) is 11.6 Å². The average Bonchev–Trinajstić information content (AvgIpc) is 3.44. The lowest BCUT2D eigenvalue weighted by Crippen LogP contribution is -2.57. The molecule has 3 aliphatic heterocycles. The highest BCUT2D eigenvalue weighted by Crippen LogP contribution is 2.38. The lowest BCUT2D eigenvalue weighted by atomic mass is 9.84. The summed E-state index contributed by atoms with van der Waals surface area (Å²) in [6.45, 7) is 10.1. The Hall–Kier alpha value is -3.23. The Morgan fingerprint density at radius 3 is 2.24 bits per heavy atom. The molecule has 3 aromatic rings. The Labute approximate surface area is 269 Å². The van der Waals surface area contributed by atoms with Gasteiger partial charge in [-0.25, -0.2) is 17.2 Å². The third kappa shape index (κ3) is 6.89. The van der Waals surface area contributed by atoms with E-state index in [1.807, 2.05) is 38.1 Å². The Kier molecular flexibility index (Phi) is 9.32. The molecule has 10 nitrogen and oxygen atoms in total. The van der Waals surface area contributed by atoms with Crippen molar-refractivity contribution >= 4 is 21.7 Å². The number of piperidine rings is 1. The van der Waals surface area contributed by atoms with Gasteiger partial charge in [-0.3, -0.25) is 19.7 Å². The second kappa shape index (κ2) is 13.1. The number of carbonyl (C=O) groups is 1. The van der Waals surface area contributed by atoms with Gasteiger partial charge in [0.25, 0.3) is 5.91 Å². The quantitative estimate of drug-likeness (QED) is 0.378. The summed E-state index contributed by atoms with van der Waals surface area (Å²) in [6, 6.07) is 9.91. The molecular weight excluding hydrogens is 612 g/mol. The van der Waals surface area contributed by atoms with Crippen LogP contribution in [0.5, 0.6) is 0 Å². The Balaban J connectivity index is 1.17. The first-order valence-electron chi connectivity index (χ1n) is 16.0. The molecule has 2 aromatic carbocycles. The standard InChI is InChI=1S/C33H43F2N7O3S/c1-33(2)22-42(46(44,45)27-19-25(34)18-26(35)20-27)21-28-30(33)37-38-31(28)36-32(43)24-9-7-23(8-10-24)17-29(40-11-5-4-6-12-40)41-15-13-39(3)14-16-41/h7-10,18-20,29H,4-6,11-17,21-22H2,1-3H3,(H2,36,37,38,43). The molecule has 46 heavy (non-hydrogen) atoms. The van der Waals surface area contributed by atoms with Gasteiger partial charge >= 0.3 is 0 Å². The van der Waals surface area contributed by atoms with E-state index in [1.165, 1.54) is 29.1 Å². The number of likely N-dealkylation sites (N-methyl/N-ethyl adjacent to an activating group) is 1. The van der Waals surface area contributed by atoms with E-state index < -0.39 is 32.0 Å². The normalized spacial score (nSPS) is 20.7. The van der Waals surface area contributed by atoms with Crippen LogP contribution in [-0.4, -0.2) is 103 Å². The molecule has 1 atom stereocenters. The van der Waals surface area contributed by atoms with Crippen LogP contribution < -0.4 is 5.32 Å². The van der Waals surface area contributed by atoms with Crippen molar-refractivity contribution in [1.29, 1.82) is 0 Å². The van der Waals surface area contributed by atoms with Crippen molar-refractivity contribution < 1.29 is 22.0 Å². The largest absolute Gasteiger partial charge is 0.305 e. The maximum absolute atomic E-state index is 13.9. The molecule has 2 N–H and O–H groups in total. The summed E-state index contributed by atoms with van der Waals surface area (Å²) < 4.78 is 55.9. The first kappa shape index (κ1) is 32.7. The number of piperazine rings is 1. The lowest BCUT2D eigenvalue weighted by Gasteiger charge is -2.44. The van der Waals surface area contributed by atoms with Crippen molar-refractivity contribution in [2.45, 2.75) is 62.6 Å². The van der Waals surface area contributed by atoms with E-state index in [0.717, 1.165) is 57.8 Å². The number of H-pyrrole nitrogens is 1. The monoisotopic (exact) mass is 655 g/mol. The van der Waals surface area contributed by atoms with Gasteiger partial charge in [-0.1, -0.05) is 32.4 Å². The van der Waals surface area contributed by atoms with Crippen LogP contribution in [-0.2, 0) is 28.4 Å². The molecule has 248 valence electrons. The zero-order chi connectivity index (χ0) is 32.6. The predicted octanol–water partition coefficient (Wildman–Crippen LogP) is 4.02. The number of likely N-dealkylation sites (tertiary alicyclic amines) is 1. The number of aromatic nitrogens is 2. The number of nitrogens with one attached hydrogen (secondary N) is 2. The maximum Gasteiger partial charge on any atom is 0.256 e. The molecule has 6 rings (SSSR count). The van der Waals surface area contributed by atoms with Gasteiger partial charge in [-0.2, -0.15) is 9.40 Å². The second-order valence-corrected chi connectivity index (χ2v) is 15.4. The highest BCUT2D eigenvalue weighted by atomic mass is 32.2. The number of amides is 1. The zero-order valence-corrected chi connectivity index (χ0v) is 27.5. The van der Waals surface area contributed by atoms with Gasteiger partial charge in [0.1, 0.15) is 11.6 Å². The smallest absolute Gasteiger partial charge is 0.256 e. The van der Waals surface area contributed by atoms with Crippen LogP contribution in [0.25, 0.3) is 0 Å². The number of carbonyl (C=O) groups excluding carboxylic acids is 1. The van der Waals surface area contributed by atoms with Gasteiger partial charge in [-0.05, 0) is 62.8 Å². The van der Waals surface area contributed by atoms with Gasteiger partial charge in [-0.15, -0.1) is 0 Å². The van der Waals surface area contributed by atoms with Gasteiger partial charge < -0.3 is 10.2 Å². The number of rotatable bonds is 8. The van der Waals surface area contributed by atoms with E-state index in [1.54, 1.807) is 0 Å². The Morgan fingerprint density at radius 1 is 0.957 bits per heavy atom. The van der Waals surface area contributed by atoms with Crippen molar-refractivity contribution in [2.75, 3.05) is 58.2 Å². The molecule has 0 radical (unpaired) electrons. The number of halogens is 2. The van der Waals surface area contributed by atoms with Crippen LogP contribution in [0.4, 0.5) is 14.6 Å². The van der Waals surface area contributed by atoms with Crippen molar-refractivity contribution in [3.05, 3.63) is 76.5 Å². The van der Waals surface area contributed by atoms with Gasteiger partial charge in [0, 0.05) is 74.0 Å². The topological polar surface area (TPSA) is 105 Å². The van der Waals surface area contributed by atoms with E-state index in [2.05, 4.69) is 37.3 Å². The number of benzene rings is 2. The first-order valence-corrected chi connectivity index (χ1v) is 17.5. The molecule has 4 heterocycles. The minimum Gasteiger partial charge on any atom is -0.305 e. The van der Waals surface area contributed by atoms with Gasteiger partial charge in [0.2, 0.25) is 10.0 Å². The average molecular weight is 656 g/mol. The van der Waals surface area contributed by atoms with Crippen LogP contribution in [0.1, 0.15) is 60.3 Å². The molecule has 2 fully saturated rings. The Bertz CT molecular complexity index is 1640. The molecular formula is C33H43F2N7O3S. The van der Waals surface area contributed by atoms with Crippen LogP contribution in [0.3, 0.4) is 0 Å². The number of anilines is 1. The van der Waals surface area contributed by atoms with Crippen molar-refractivity contribution in [3.63, 3.8) is 0 Å². The Morgan fingerprint density at radius 2 is 1.59 bits per heavy atom. The SMILES string of the molecule is CN1CCN(C(Cc2ccc(C(=O)Nc3n[nH]c4c3CN(S(=O)(=O)c3cc(F)cc(F)c3)CC4(C)C)cc2)N2CCCCC2)CC1. The molecule has 1 unspecified atom stereocenters. The van der Waals surface area contributed by atoms with Crippen molar-refractivity contribution in [2.24, 2.45) is 0 Å². The van der Waals surface area contributed by atoms with Crippen LogP contribution >= 0.6 is 0 Å². The van der Waals surface area contributed by atoms with Crippen LogP contribution in [0.2, 0.25) is 0 Å². The highest BCUT2D eigenvalue weighted by molar-refractivity contribution is 7.89. The number of aromatic amines is 1. The lowest BCUT2D eigenvalue weighted by molar-refractivity contribution is 0.00308. The van der Waals surface area contributed by atoms with Gasteiger partial charge in [0.05, 0.1) is 11.1 Å². The number of fused-ring (bicyclic) bond motifs is 1. The molecule has 13 heteroatoms. The molecule has 1 amide bonds. The number of hydrogen-bond donors (Lipinski definition) is 2. The fraction of sp³-hybridized carbons (Fsp3) is 0.515. The van der Waals surface area contributed by atoms with Crippen LogP contribution in [0.15, 0.2) is 47.4 Å². The summed E-state index contributed by atoms with van der Waals surface area (Å²) >= 11 is 0. The van der Waals surface area contributed by atoms with E-state index in [0.29, 0.717) is 29.1 Å². The minimum absolute atomic E-state index is 0.0596. The third-order valence-corrected chi connectivity index (χ3v) is 11.3. The highest BCUT2D eigenvalue weighted by Gasteiger charge is 2.41. The van der Waals surface area contributed by atoms with Gasteiger partial charge in [0.15, 0.2) is 5.82 Å². The summed E-state index contributed by atoms with van der Waals surface area (Å²) in [7, 11) is -2.07. The fourth-order valence-electron chi connectivity index (χ4n) is 6.94. The van der Waals surface area contributed by atoms with Crippen molar-refractivity contribution in [1.82, 2.24) is 29.2 Å². The molecule has 1 aromatic heterocycles. The predicted molar refractivity (Wildman–Crippen MR) is 172 cm³/mol. The minimum atomic E-state index is -4.24. The third-order valence-electron chi connectivity index (χ3n) is 9.56. The second-order valence-electron chi connectivity index (χ2n) is 13.5.